The van der Waals surface area contributed by atoms with E-state index in [1.807, 2.05) is 43.3 Å². The lowest BCUT2D eigenvalue weighted by atomic mass is 10.1. The lowest BCUT2D eigenvalue weighted by Gasteiger charge is -2.12. The minimum absolute atomic E-state index is 0.391. The molecule has 0 atom stereocenters. The molecule has 1 aliphatic heterocycles. The highest BCUT2D eigenvalue weighted by Crippen LogP contribution is 2.19. The predicted molar refractivity (Wildman–Crippen MR) is 67.9 cm³/mol. The van der Waals surface area contributed by atoms with Crippen LogP contribution in [0, 0.1) is 0 Å². The Balaban J connectivity index is 2.36. The molecule has 0 aromatic heterocycles. The molecule has 1 aliphatic rings. The van der Waals surface area contributed by atoms with Gasteiger partial charge in [0.05, 0.1) is 11.3 Å². The maximum atomic E-state index is 11.4. The van der Waals surface area contributed by atoms with E-state index in [1.54, 1.807) is 13.0 Å². The minimum Gasteiger partial charge on any atom is -0.378 e. The summed E-state index contributed by atoms with van der Waals surface area (Å²) in [7, 11) is 3.95. The summed E-state index contributed by atoms with van der Waals surface area (Å²) in [5.74, 6) is -0.391. The minimum atomic E-state index is -0.391. The van der Waals surface area contributed by atoms with Gasteiger partial charge in [-0.2, -0.15) is 0 Å². The Labute approximate surface area is 100 Å². The van der Waals surface area contributed by atoms with Gasteiger partial charge in [-0.25, -0.2) is 4.79 Å². The van der Waals surface area contributed by atoms with Gasteiger partial charge in [-0.3, -0.25) is 0 Å². The van der Waals surface area contributed by atoms with Crippen molar-refractivity contribution in [3.8, 4) is 0 Å². The molecule has 0 amide bonds. The van der Waals surface area contributed by atoms with E-state index in [9.17, 15) is 4.79 Å². The van der Waals surface area contributed by atoms with Gasteiger partial charge in [0.25, 0.3) is 0 Å². The number of rotatable bonds is 2. The van der Waals surface area contributed by atoms with Crippen molar-refractivity contribution < 1.29 is 9.63 Å². The second kappa shape index (κ2) is 4.41. The van der Waals surface area contributed by atoms with Gasteiger partial charge < -0.3 is 9.74 Å². The van der Waals surface area contributed by atoms with Crippen molar-refractivity contribution in [2.24, 2.45) is 5.16 Å². The first-order valence-corrected chi connectivity index (χ1v) is 5.33. The van der Waals surface area contributed by atoms with Gasteiger partial charge in [0.2, 0.25) is 0 Å². The Morgan fingerprint density at radius 3 is 2.71 bits per heavy atom. The van der Waals surface area contributed by atoms with Crippen molar-refractivity contribution in [2.45, 2.75) is 6.92 Å². The van der Waals surface area contributed by atoms with Crippen molar-refractivity contribution >= 4 is 23.4 Å². The summed E-state index contributed by atoms with van der Waals surface area (Å²) in [6, 6.07) is 7.91. The van der Waals surface area contributed by atoms with E-state index in [0.717, 1.165) is 11.3 Å². The van der Waals surface area contributed by atoms with Crippen LogP contribution < -0.4 is 4.90 Å². The summed E-state index contributed by atoms with van der Waals surface area (Å²) in [6.45, 7) is 1.76. The first kappa shape index (κ1) is 11.4. The third-order valence-corrected chi connectivity index (χ3v) is 2.57. The standard InChI is InChI=1S/C13H14N2O2/c1-9-12(13(16)17-14-9)8-10-5-4-6-11(7-10)15(2)3/h4-8H,1-3H3. The molecule has 0 radical (unpaired) electrons. The van der Waals surface area contributed by atoms with Crippen molar-refractivity contribution in [2.75, 3.05) is 19.0 Å². The van der Waals surface area contributed by atoms with Crippen LogP contribution in [0.3, 0.4) is 0 Å². The van der Waals surface area contributed by atoms with Gasteiger partial charge in [0, 0.05) is 19.8 Å². The van der Waals surface area contributed by atoms with E-state index < -0.39 is 5.97 Å². The van der Waals surface area contributed by atoms with Gasteiger partial charge in [-0.1, -0.05) is 17.3 Å². The average molecular weight is 230 g/mol. The van der Waals surface area contributed by atoms with Gasteiger partial charge in [-0.15, -0.1) is 0 Å². The number of carbonyl (C=O) groups excluding carboxylic acids is 1. The zero-order valence-corrected chi connectivity index (χ0v) is 10.1. The Morgan fingerprint density at radius 2 is 2.12 bits per heavy atom. The van der Waals surface area contributed by atoms with Crippen LogP contribution in [0.1, 0.15) is 12.5 Å². The summed E-state index contributed by atoms with van der Waals surface area (Å²) in [6.07, 6.45) is 1.79. The molecule has 17 heavy (non-hydrogen) atoms. The fourth-order valence-electron chi connectivity index (χ4n) is 1.58. The molecule has 2 rings (SSSR count). The van der Waals surface area contributed by atoms with Crippen molar-refractivity contribution in [1.82, 2.24) is 0 Å². The van der Waals surface area contributed by atoms with Crippen molar-refractivity contribution in [3.63, 3.8) is 0 Å². The van der Waals surface area contributed by atoms with Gasteiger partial charge in [0.1, 0.15) is 0 Å². The third kappa shape index (κ3) is 2.36. The van der Waals surface area contributed by atoms with Gasteiger partial charge in [0.15, 0.2) is 0 Å². The largest absolute Gasteiger partial charge is 0.378 e. The first-order chi connectivity index (χ1) is 8.08. The number of oxime groups is 1. The van der Waals surface area contributed by atoms with E-state index >= 15 is 0 Å². The lowest BCUT2D eigenvalue weighted by molar-refractivity contribution is -0.136. The number of hydrogen-bond donors (Lipinski definition) is 0. The maximum absolute atomic E-state index is 11.4. The molecule has 88 valence electrons. The summed E-state index contributed by atoms with van der Waals surface area (Å²) in [5, 5.41) is 3.64. The molecule has 4 heteroatoms. The number of benzene rings is 1. The maximum Gasteiger partial charge on any atom is 0.367 e. The van der Waals surface area contributed by atoms with Crippen LogP contribution >= 0.6 is 0 Å². The summed E-state index contributed by atoms with van der Waals surface area (Å²) < 4.78 is 0. The molecule has 1 heterocycles. The molecule has 0 fully saturated rings. The second-order valence-corrected chi connectivity index (χ2v) is 4.10. The number of carbonyl (C=O) groups is 1. The van der Waals surface area contributed by atoms with Crippen LogP contribution in [0.4, 0.5) is 5.69 Å². The van der Waals surface area contributed by atoms with Crippen LogP contribution in [0.2, 0.25) is 0 Å². The quantitative estimate of drug-likeness (QED) is 0.577. The van der Waals surface area contributed by atoms with Crippen molar-refractivity contribution in [3.05, 3.63) is 35.4 Å². The molecular formula is C13H14N2O2. The van der Waals surface area contributed by atoms with E-state index in [1.165, 1.54) is 0 Å². The Morgan fingerprint density at radius 1 is 1.35 bits per heavy atom. The van der Waals surface area contributed by atoms with Crippen LogP contribution in [0.15, 0.2) is 35.0 Å². The lowest BCUT2D eigenvalue weighted by Crippen LogP contribution is -2.08. The molecule has 0 saturated heterocycles. The number of anilines is 1. The molecule has 1 aromatic rings. The molecule has 4 nitrogen and oxygen atoms in total. The number of hydrogen-bond acceptors (Lipinski definition) is 4. The SMILES string of the molecule is CC1=NOC(=O)C1=Cc1cccc(N(C)C)c1. The zero-order chi connectivity index (χ0) is 12.4. The van der Waals surface area contributed by atoms with E-state index in [0.29, 0.717) is 11.3 Å². The Bertz CT molecular complexity index is 516. The topological polar surface area (TPSA) is 41.9 Å². The van der Waals surface area contributed by atoms with Crippen molar-refractivity contribution in [1.29, 1.82) is 0 Å². The highest BCUT2D eigenvalue weighted by atomic mass is 16.7. The van der Waals surface area contributed by atoms with Gasteiger partial charge in [-0.05, 0) is 30.7 Å². The molecule has 0 unspecified atom stereocenters. The molecule has 0 N–H and O–H groups in total. The normalized spacial score (nSPS) is 17.0. The molecule has 0 bridgehead atoms. The van der Waals surface area contributed by atoms with Gasteiger partial charge >= 0.3 is 5.97 Å². The van der Waals surface area contributed by atoms with Crippen LogP contribution in [-0.2, 0) is 9.63 Å². The molecule has 0 aliphatic carbocycles. The second-order valence-electron chi connectivity index (χ2n) is 4.10. The molecule has 0 saturated carbocycles. The Kier molecular flexibility index (Phi) is 2.95. The van der Waals surface area contributed by atoms with Crippen LogP contribution in [0.5, 0.6) is 0 Å². The Hall–Kier alpha value is -2.10. The fraction of sp³-hybridized carbons (Fsp3) is 0.231. The highest BCUT2D eigenvalue weighted by molar-refractivity contribution is 6.24. The zero-order valence-electron chi connectivity index (χ0n) is 10.1. The summed E-state index contributed by atoms with van der Waals surface area (Å²) in [4.78, 5) is 18.0. The smallest absolute Gasteiger partial charge is 0.367 e. The molecule has 0 spiro atoms. The highest BCUT2D eigenvalue weighted by Gasteiger charge is 2.21. The molecule has 1 aromatic carbocycles. The fourth-order valence-corrected chi connectivity index (χ4v) is 1.58. The monoisotopic (exact) mass is 230 g/mol. The molecular weight excluding hydrogens is 216 g/mol. The first-order valence-electron chi connectivity index (χ1n) is 5.33. The summed E-state index contributed by atoms with van der Waals surface area (Å²) >= 11 is 0. The van der Waals surface area contributed by atoms with E-state index in [2.05, 4.69) is 9.99 Å². The summed E-state index contributed by atoms with van der Waals surface area (Å²) in [5.41, 5.74) is 3.17. The van der Waals surface area contributed by atoms with E-state index in [4.69, 9.17) is 0 Å². The van der Waals surface area contributed by atoms with Crippen LogP contribution in [0.25, 0.3) is 6.08 Å². The number of nitrogens with zero attached hydrogens (tertiary/aromatic N) is 2. The van der Waals surface area contributed by atoms with Crippen LogP contribution in [-0.4, -0.2) is 25.8 Å². The van der Waals surface area contributed by atoms with E-state index in [-0.39, 0.29) is 0 Å². The average Bonchev–Trinajstić information content (AvgIpc) is 2.61. The third-order valence-electron chi connectivity index (χ3n) is 2.57. The predicted octanol–water partition coefficient (Wildman–Crippen LogP) is 2.07.